The second kappa shape index (κ2) is 4.87. The molecule has 2 aromatic rings. The molecule has 0 aliphatic rings. The first-order chi connectivity index (χ1) is 8.58. The molecule has 0 saturated carbocycles. The Balaban J connectivity index is 2.22. The van der Waals surface area contributed by atoms with E-state index in [9.17, 15) is 18.0 Å². The van der Waals surface area contributed by atoms with Crippen molar-refractivity contribution < 1.29 is 18.0 Å². The Morgan fingerprint density at radius 1 is 1.06 bits per heavy atom. The average molecular weight is 252 g/mol. The Labute approximate surface area is 100 Å². The predicted octanol–water partition coefficient (Wildman–Crippen LogP) is 2.75. The zero-order valence-electron chi connectivity index (χ0n) is 8.95. The number of anilines is 1. The minimum Gasteiger partial charge on any atom is -0.320 e. The van der Waals surface area contributed by atoms with E-state index in [1.807, 2.05) is 0 Å². The normalized spacial score (nSPS) is 10.2. The Kier molecular flexibility index (Phi) is 3.27. The number of hydrogen-bond acceptors (Lipinski definition) is 2. The molecule has 0 spiro atoms. The Bertz CT molecular complexity index is 602. The lowest BCUT2D eigenvalue weighted by Gasteiger charge is -2.05. The third-order valence-corrected chi connectivity index (χ3v) is 2.15. The quantitative estimate of drug-likeness (QED) is 0.892. The van der Waals surface area contributed by atoms with Crippen LogP contribution in [-0.2, 0) is 0 Å². The lowest BCUT2D eigenvalue weighted by molar-refractivity contribution is 0.101. The van der Waals surface area contributed by atoms with Gasteiger partial charge in [0.1, 0.15) is 0 Å². The highest BCUT2D eigenvalue weighted by Crippen LogP contribution is 2.14. The number of carbonyl (C=O) groups is 1. The van der Waals surface area contributed by atoms with Gasteiger partial charge in [-0.2, -0.15) is 0 Å². The zero-order chi connectivity index (χ0) is 13.1. The molecule has 0 radical (unpaired) electrons. The monoisotopic (exact) mass is 252 g/mol. The van der Waals surface area contributed by atoms with Gasteiger partial charge in [0.15, 0.2) is 23.1 Å². The first-order valence-electron chi connectivity index (χ1n) is 4.95. The van der Waals surface area contributed by atoms with Gasteiger partial charge in [0, 0.05) is 18.0 Å². The molecule has 0 unspecified atom stereocenters. The van der Waals surface area contributed by atoms with E-state index in [4.69, 9.17) is 0 Å². The summed E-state index contributed by atoms with van der Waals surface area (Å²) in [5.41, 5.74) is -0.397. The van der Waals surface area contributed by atoms with Gasteiger partial charge in [-0.1, -0.05) is 0 Å². The van der Waals surface area contributed by atoms with E-state index in [0.717, 1.165) is 24.3 Å². The van der Waals surface area contributed by atoms with Crippen LogP contribution < -0.4 is 5.32 Å². The summed E-state index contributed by atoms with van der Waals surface area (Å²) >= 11 is 0. The highest BCUT2D eigenvalue weighted by atomic mass is 19.2. The van der Waals surface area contributed by atoms with E-state index < -0.39 is 29.1 Å². The summed E-state index contributed by atoms with van der Waals surface area (Å²) in [6.07, 6.45) is 1.25. The third-order valence-electron chi connectivity index (χ3n) is 2.15. The van der Waals surface area contributed by atoms with E-state index in [1.54, 1.807) is 0 Å². The summed E-state index contributed by atoms with van der Waals surface area (Å²) in [5.74, 6) is -3.76. The second-order valence-electron chi connectivity index (χ2n) is 3.42. The number of hydrogen-bond donors (Lipinski definition) is 1. The fourth-order valence-electron chi connectivity index (χ4n) is 1.32. The first kappa shape index (κ1) is 12.1. The lowest BCUT2D eigenvalue weighted by Crippen LogP contribution is -2.15. The van der Waals surface area contributed by atoms with Crippen LogP contribution in [0.3, 0.4) is 0 Å². The number of aromatic nitrogens is 1. The first-order valence-corrected chi connectivity index (χ1v) is 4.95. The van der Waals surface area contributed by atoms with Gasteiger partial charge >= 0.3 is 0 Å². The molecule has 18 heavy (non-hydrogen) atoms. The smallest absolute Gasteiger partial charge is 0.277 e. The molecule has 6 heteroatoms. The fraction of sp³-hybridized carbons (Fsp3) is 0. The molecule has 0 aliphatic heterocycles. The van der Waals surface area contributed by atoms with Gasteiger partial charge in [-0.05, 0) is 24.3 Å². The number of nitrogens with zero attached hydrogens (tertiary/aromatic N) is 1. The van der Waals surface area contributed by atoms with Gasteiger partial charge in [0.2, 0.25) is 0 Å². The summed E-state index contributed by atoms with van der Waals surface area (Å²) in [4.78, 5) is 15.2. The maximum atomic E-state index is 13.2. The van der Waals surface area contributed by atoms with Gasteiger partial charge < -0.3 is 5.32 Å². The second-order valence-corrected chi connectivity index (χ2v) is 3.42. The third kappa shape index (κ3) is 2.48. The molecule has 2 rings (SSSR count). The molecule has 1 aromatic heterocycles. The van der Waals surface area contributed by atoms with E-state index in [1.165, 1.54) is 12.3 Å². The molecule has 0 bridgehead atoms. The molecular weight excluding hydrogens is 245 g/mol. The fourth-order valence-corrected chi connectivity index (χ4v) is 1.32. The number of pyridine rings is 1. The SMILES string of the molecule is O=C(Nc1ccc(F)c(F)c1)c1ncccc1F. The van der Waals surface area contributed by atoms with Crippen molar-refractivity contribution in [2.75, 3.05) is 5.32 Å². The standard InChI is InChI=1S/C12H7F3N2O/c13-8-4-3-7(6-10(8)15)17-12(18)11-9(14)2-1-5-16-11/h1-6H,(H,17,18). The number of rotatable bonds is 2. The zero-order valence-corrected chi connectivity index (χ0v) is 8.95. The minimum atomic E-state index is -1.10. The van der Waals surface area contributed by atoms with Crippen LogP contribution >= 0.6 is 0 Å². The van der Waals surface area contributed by atoms with E-state index in [2.05, 4.69) is 10.3 Å². The molecule has 1 aromatic carbocycles. The van der Waals surface area contributed by atoms with Crippen LogP contribution in [0.2, 0.25) is 0 Å². The highest BCUT2D eigenvalue weighted by molar-refractivity contribution is 6.02. The van der Waals surface area contributed by atoms with Crippen molar-refractivity contribution in [3.8, 4) is 0 Å². The van der Waals surface area contributed by atoms with Crippen LogP contribution in [0, 0.1) is 17.5 Å². The van der Waals surface area contributed by atoms with Crippen molar-refractivity contribution in [1.82, 2.24) is 4.98 Å². The molecule has 92 valence electrons. The van der Waals surface area contributed by atoms with Gasteiger partial charge in [0.05, 0.1) is 0 Å². The molecule has 3 nitrogen and oxygen atoms in total. The summed E-state index contributed by atoms with van der Waals surface area (Å²) in [5, 5.41) is 2.22. The molecular formula is C12H7F3N2O. The number of amides is 1. The van der Waals surface area contributed by atoms with Crippen molar-refractivity contribution in [2.24, 2.45) is 0 Å². The average Bonchev–Trinajstić information content (AvgIpc) is 2.34. The Morgan fingerprint density at radius 2 is 1.83 bits per heavy atom. The van der Waals surface area contributed by atoms with Crippen LogP contribution in [-0.4, -0.2) is 10.9 Å². The van der Waals surface area contributed by atoms with Crippen molar-refractivity contribution >= 4 is 11.6 Å². The summed E-state index contributed by atoms with van der Waals surface area (Å²) in [6, 6.07) is 5.24. The van der Waals surface area contributed by atoms with Gasteiger partial charge in [-0.15, -0.1) is 0 Å². The summed E-state index contributed by atoms with van der Waals surface area (Å²) in [7, 11) is 0. The number of nitrogens with one attached hydrogen (secondary N) is 1. The van der Waals surface area contributed by atoms with Crippen LogP contribution in [0.1, 0.15) is 10.5 Å². The highest BCUT2D eigenvalue weighted by Gasteiger charge is 2.13. The van der Waals surface area contributed by atoms with Crippen molar-refractivity contribution in [3.63, 3.8) is 0 Å². The topological polar surface area (TPSA) is 42.0 Å². The van der Waals surface area contributed by atoms with Crippen LogP contribution in [0.15, 0.2) is 36.5 Å². The summed E-state index contributed by atoms with van der Waals surface area (Å²) in [6.45, 7) is 0. The van der Waals surface area contributed by atoms with Crippen LogP contribution in [0.4, 0.5) is 18.9 Å². The van der Waals surface area contributed by atoms with E-state index >= 15 is 0 Å². The van der Waals surface area contributed by atoms with Crippen LogP contribution in [0.25, 0.3) is 0 Å². The van der Waals surface area contributed by atoms with Gasteiger partial charge in [-0.25, -0.2) is 18.2 Å². The number of carbonyl (C=O) groups excluding carboxylic acids is 1. The number of halogens is 3. The molecule has 1 amide bonds. The molecule has 0 atom stereocenters. The van der Waals surface area contributed by atoms with Gasteiger partial charge in [-0.3, -0.25) is 4.79 Å². The molecule has 1 heterocycles. The maximum absolute atomic E-state index is 13.2. The molecule has 1 N–H and O–H groups in total. The van der Waals surface area contributed by atoms with Crippen molar-refractivity contribution in [1.29, 1.82) is 0 Å². The molecule has 0 saturated heterocycles. The Morgan fingerprint density at radius 3 is 2.50 bits per heavy atom. The largest absolute Gasteiger partial charge is 0.320 e. The number of benzene rings is 1. The summed E-state index contributed by atoms with van der Waals surface area (Å²) < 4.78 is 38.8. The van der Waals surface area contributed by atoms with E-state index in [-0.39, 0.29) is 5.69 Å². The van der Waals surface area contributed by atoms with Crippen LogP contribution in [0.5, 0.6) is 0 Å². The molecule has 0 fully saturated rings. The minimum absolute atomic E-state index is 0.0175. The van der Waals surface area contributed by atoms with Crippen molar-refractivity contribution in [2.45, 2.75) is 0 Å². The van der Waals surface area contributed by atoms with Gasteiger partial charge in [0.25, 0.3) is 5.91 Å². The van der Waals surface area contributed by atoms with Crippen molar-refractivity contribution in [3.05, 3.63) is 59.7 Å². The van der Waals surface area contributed by atoms with E-state index in [0.29, 0.717) is 0 Å². The Hall–Kier alpha value is -2.37. The lowest BCUT2D eigenvalue weighted by atomic mass is 10.2. The predicted molar refractivity (Wildman–Crippen MR) is 58.5 cm³/mol. The molecule has 0 aliphatic carbocycles. The maximum Gasteiger partial charge on any atom is 0.277 e.